The lowest BCUT2D eigenvalue weighted by molar-refractivity contribution is 0.209. The number of hydrogen-bond acceptors (Lipinski definition) is 9. The molecule has 2 aromatic heterocycles. The van der Waals surface area contributed by atoms with E-state index in [1.165, 1.54) is 0 Å². The second kappa shape index (κ2) is 9.76. The van der Waals surface area contributed by atoms with Gasteiger partial charge < -0.3 is 25.7 Å². The van der Waals surface area contributed by atoms with Crippen molar-refractivity contribution in [3.8, 4) is 28.8 Å². The van der Waals surface area contributed by atoms with Gasteiger partial charge in [-0.3, -0.25) is 0 Å². The second-order valence-corrected chi connectivity index (χ2v) is 9.13. The third-order valence-corrected chi connectivity index (χ3v) is 6.62. The first-order valence-electron chi connectivity index (χ1n) is 12.0. The Morgan fingerprint density at radius 1 is 1.09 bits per heavy atom. The fraction of sp³-hybridized carbons (Fsp3) is 0.385. The van der Waals surface area contributed by atoms with E-state index in [2.05, 4.69) is 48.7 Å². The number of nitrogens with two attached hydrogens (primary N) is 1. The summed E-state index contributed by atoms with van der Waals surface area (Å²) in [4.78, 5) is 13.4. The third-order valence-electron chi connectivity index (χ3n) is 6.62. The number of phenolic OH excluding ortho intramolecular Hbond substituents is 1. The van der Waals surface area contributed by atoms with Crippen LogP contribution in [0, 0.1) is 17.8 Å². The van der Waals surface area contributed by atoms with Gasteiger partial charge in [0.2, 0.25) is 5.82 Å². The predicted molar refractivity (Wildman–Crippen MR) is 135 cm³/mol. The van der Waals surface area contributed by atoms with Gasteiger partial charge in [0, 0.05) is 37.4 Å². The van der Waals surface area contributed by atoms with Crippen molar-refractivity contribution in [3.05, 3.63) is 48.4 Å². The fourth-order valence-corrected chi connectivity index (χ4v) is 4.34. The molecule has 1 saturated heterocycles. The van der Waals surface area contributed by atoms with Gasteiger partial charge in [0.15, 0.2) is 5.82 Å². The molecule has 0 radical (unpaired) electrons. The van der Waals surface area contributed by atoms with Gasteiger partial charge in [-0.2, -0.15) is 0 Å². The molecule has 1 saturated carbocycles. The van der Waals surface area contributed by atoms with Crippen LogP contribution in [-0.2, 0) is 0 Å². The van der Waals surface area contributed by atoms with Crippen molar-refractivity contribution < 1.29 is 10.2 Å². The van der Waals surface area contributed by atoms with Gasteiger partial charge in [0.1, 0.15) is 17.7 Å². The minimum absolute atomic E-state index is 0.153. The van der Waals surface area contributed by atoms with E-state index in [0.717, 1.165) is 43.9 Å². The molecule has 5 rings (SSSR count). The van der Waals surface area contributed by atoms with E-state index in [0.29, 0.717) is 35.4 Å². The van der Waals surface area contributed by atoms with Crippen molar-refractivity contribution in [2.45, 2.75) is 38.3 Å². The van der Waals surface area contributed by atoms with Crippen LogP contribution in [-0.4, -0.2) is 62.2 Å². The molecule has 9 nitrogen and oxygen atoms in total. The van der Waals surface area contributed by atoms with Crippen molar-refractivity contribution in [1.82, 2.24) is 20.2 Å². The minimum Gasteiger partial charge on any atom is -0.507 e. The highest BCUT2D eigenvalue weighted by molar-refractivity contribution is 5.74. The van der Waals surface area contributed by atoms with Crippen LogP contribution in [0.5, 0.6) is 5.75 Å². The van der Waals surface area contributed by atoms with Crippen LogP contribution >= 0.6 is 0 Å². The maximum Gasteiger partial charge on any atom is 0.206 e. The summed E-state index contributed by atoms with van der Waals surface area (Å²) in [5.41, 5.74) is 8.22. The quantitative estimate of drug-likeness (QED) is 0.492. The number of nitrogen functional groups attached to an aromatic ring is 1. The first kappa shape index (κ1) is 22.9. The standard InChI is InChI=1S/C26H29N7O2/c1-17-11-13-32(21-16-20(30-31-26(21)27)19-4-2-3-5-23(19)35)14-15-33(17)25-10-12-28-24(29-25)9-8-22(34)18-6-7-18/h2-5,10,12,16-18,22,34-35H,6-7,11,13-15H2,1H3,(H2,27,31)/t17-,22-/m0/s1. The maximum absolute atomic E-state index is 10.2. The lowest BCUT2D eigenvalue weighted by atomic mass is 10.1. The zero-order valence-electron chi connectivity index (χ0n) is 19.7. The molecular formula is C26H29N7O2. The molecule has 0 unspecified atom stereocenters. The van der Waals surface area contributed by atoms with Crippen LogP contribution < -0.4 is 15.5 Å². The molecular weight excluding hydrogens is 442 g/mol. The lowest BCUT2D eigenvalue weighted by Gasteiger charge is -2.28. The predicted octanol–water partition coefficient (Wildman–Crippen LogP) is 2.45. The summed E-state index contributed by atoms with van der Waals surface area (Å²) in [7, 11) is 0. The molecule has 9 heteroatoms. The number of rotatable bonds is 4. The number of aliphatic hydroxyl groups is 1. The first-order chi connectivity index (χ1) is 17.0. The Kier molecular flexibility index (Phi) is 6.38. The van der Waals surface area contributed by atoms with Gasteiger partial charge in [0.25, 0.3) is 0 Å². The van der Waals surface area contributed by atoms with Crippen LogP contribution in [0.3, 0.4) is 0 Å². The normalized spacial score (nSPS) is 19.0. The van der Waals surface area contributed by atoms with E-state index in [9.17, 15) is 10.2 Å². The van der Waals surface area contributed by atoms with Gasteiger partial charge in [-0.1, -0.05) is 18.1 Å². The van der Waals surface area contributed by atoms with Gasteiger partial charge in [-0.15, -0.1) is 10.2 Å². The fourth-order valence-electron chi connectivity index (χ4n) is 4.34. The number of hydrogen-bond donors (Lipinski definition) is 3. The van der Waals surface area contributed by atoms with E-state index in [1.807, 2.05) is 24.3 Å². The minimum atomic E-state index is -0.602. The Morgan fingerprint density at radius 3 is 2.71 bits per heavy atom. The molecule has 0 bridgehead atoms. The average Bonchev–Trinajstić information content (AvgIpc) is 3.72. The van der Waals surface area contributed by atoms with Gasteiger partial charge in [0.05, 0.1) is 11.4 Å². The smallest absolute Gasteiger partial charge is 0.206 e. The summed E-state index contributed by atoms with van der Waals surface area (Å²) in [5, 5.41) is 28.6. The zero-order valence-corrected chi connectivity index (χ0v) is 19.7. The molecule has 3 heterocycles. The van der Waals surface area contributed by atoms with Crippen molar-refractivity contribution >= 4 is 17.3 Å². The zero-order chi connectivity index (χ0) is 24.4. The maximum atomic E-state index is 10.2. The Morgan fingerprint density at radius 2 is 1.91 bits per heavy atom. The summed E-state index contributed by atoms with van der Waals surface area (Å²) < 4.78 is 0. The second-order valence-electron chi connectivity index (χ2n) is 9.13. The van der Waals surface area contributed by atoms with E-state index in [-0.39, 0.29) is 11.8 Å². The van der Waals surface area contributed by atoms with Crippen molar-refractivity contribution in [2.75, 3.05) is 35.2 Å². The van der Waals surface area contributed by atoms with E-state index in [4.69, 9.17) is 5.73 Å². The van der Waals surface area contributed by atoms with Crippen LogP contribution in [0.2, 0.25) is 0 Å². The molecule has 4 N–H and O–H groups in total. The first-order valence-corrected chi connectivity index (χ1v) is 12.0. The molecule has 0 amide bonds. The molecule has 0 spiro atoms. The summed E-state index contributed by atoms with van der Waals surface area (Å²) in [6.07, 6.45) is 4.07. The summed E-state index contributed by atoms with van der Waals surface area (Å²) in [5.74, 6) is 7.86. The topological polar surface area (TPSA) is 125 Å². The number of anilines is 3. The number of aliphatic hydroxyl groups excluding tert-OH is 1. The van der Waals surface area contributed by atoms with E-state index >= 15 is 0 Å². The van der Waals surface area contributed by atoms with Crippen LogP contribution in [0.1, 0.15) is 32.0 Å². The lowest BCUT2D eigenvalue weighted by Crippen LogP contribution is -2.35. The number of phenols is 1. The molecule has 3 aromatic rings. The highest BCUT2D eigenvalue weighted by Crippen LogP contribution is 2.33. The molecule has 1 aliphatic heterocycles. The van der Waals surface area contributed by atoms with Gasteiger partial charge >= 0.3 is 0 Å². The molecule has 1 aliphatic carbocycles. The summed E-state index contributed by atoms with van der Waals surface area (Å²) >= 11 is 0. The Hall–Kier alpha value is -3.90. The molecule has 2 atom stereocenters. The van der Waals surface area contributed by atoms with Crippen molar-refractivity contribution in [2.24, 2.45) is 5.92 Å². The largest absolute Gasteiger partial charge is 0.507 e. The number of aromatic nitrogens is 4. The molecule has 35 heavy (non-hydrogen) atoms. The highest BCUT2D eigenvalue weighted by Gasteiger charge is 2.28. The monoisotopic (exact) mass is 471 g/mol. The van der Waals surface area contributed by atoms with Gasteiger partial charge in [-0.05, 0) is 62.3 Å². The summed E-state index contributed by atoms with van der Waals surface area (Å²) in [6.45, 7) is 4.41. The van der Waals surface area contributed by atoms with Crippen LogP contribution in [0.25, 0.3) is 11.3 Å². The van der Waals surface area contributed by atoms with E-state index < -0.39 is 6.10 Å². The Balaban J connectivity index is 1.35. The highest BCUT2D eigenvalue weighted by atomic mass is 16.3. The van der Waals surface area contributed by atoms with Crippen molar-refractivity contribution in [3.63, 3.8) is 0 Å². The van der Waals surface area contributed by atoms with Crippen molar-refractivity contribution in [1.29, 1.82) is 0 Å². The van der Waals surface area contributed by atoms with Gasteiger partial charge in [-0.25, -0.2) is 9.97 Å². The average molecular weight is 472 g/mol. The molecule has 180 valence electrons. The number of benzene rings is 1. The molecule has 2 aliphatic rings. The van der Waals surface area contributed by atoms with Crippen LogP contribution in [0.4, 0.5) is 17.3 Å². The summed E-state index contributed by atoms with van der Waals surface area (Å²) in [6, 6.07) is 11.1. The molecule has 2 fully saturated rings. The number of nitrogens with zero attached hydrogens (tertiary/aromatic N) is 6. The Labute approximate surface area is 204 Å². The Bertz CT molecular complexity index is 1270. The SMILES string of the molecule is C[C@H]1CCN(c2cc(-c3ccccc3O)nnc2N)CCN1c1ccnc(C#C[C@H](O)C2CC2)n1. The number of aromatic hydroxyl groups is 1. The van der Waals surface area contributed by atoms with Crippen LogP contribution in [0.15, 0.2) is 42.6 Å². The third kappa shape index (κ3) is 5.12. The number of para-hydroxylation sites is 1. The molecule has 1 aromatic carbocycles. The van der Waals surface area contributed by atoms with E-state index in [1.54, 1.807) is 18.3 Å².